The van der Waals surface area contributed by atoms with Crippen LogP contribution in [0.2, 0.25) is 0 Å². The van der Waals surface area contributed by atoms with Crippen molar-refractivity contribution in [3.05, 3.63) is 58.6 Å². The Morgan fingerprint density at radius 2 is 1.82 bits per heavy atom. The Kier molecular flexibility index (Phi) is 2.91. The summed E-state index contributed by atoms with van der Waals surface area (Å²) in [5.74, 6) is -0.949. The minimum Gasteiger partial charge on any atom is -0.417 e. The molecule has 2 rings (SSSR count). The maximum atomic E-state index is 11.2. The van der Waals surface area contributed by atoms with E-state index < -0.39 is 11.5 Å². The Morgan fingerprint density at radius 3 is 2.47 bits per heavy atom. The number of hydrogen-bond donors (Lipinski definition) is 2. The Labute approximate surface area is 96.9 Å². The first kappa shape index (κ1) is 10.9. The summed E-state index contributed by atoms with van der Waals surface area (Å²) in [7, 11) is 0. The molecule has 1 aromatic heterocycles. The van der Waals surface area contributed by atoms with E-state index in [2.05, 4.69) is 9.73 Å². The van der Waals surface area contributed by atoms with E-state index in [9.17, 15) is 9.59 Å². The molecule has 3 N–H and O–H groups in total. The highest BCUT2D eigenvalue weighted by Crippen LogP contribution is 2.15. The molecule has 0 saturated carbocycles. The van der Waals surface area contributed by atoms with Gasteiger partial charge < -0.3 is 15.5 Å². The van der Waals surface area contributed by atoms with Gasteiger partial charge in [-0.1, -0.05) is 18.2 Å². The van der Waals surface area contributed by atoms with Gasteiger partial charge >= 0.3 is 5.63 Å². The van der Waals surface area contributed by atoms with Gasteiger partial charge in [0.1, 0.15) is 0 Å². The molecule has 0 aliphatic rings. The summed E-state index contributed by atoms with van der Waals surface area (Å²) in [4.78, 5) is 22.1. The van der Waals surface area contributed by atoms with Crippen molar-refractivity contribution in [2.45, 2.75) is 0 Å². The number of primary amides is 1. The van der Waals surface area contributed by atoms with Crippen LogP contribution >= 0.6 is 0 Å². The third kappa shape index (κ3) is 2.72. The van der Waals surface area contributed by atoms with E-state index in [0.29, 0.717) is 5.69 Å². The van der Waals surface area contributed by atoms with Gasteiger partial charge in [-0.15, -0.1) is 0 Å². The van der Waals surface area contributed by atoms with Crippen LogP contribution in [-0.2, 0) is 0 Å². The minimum absolute atomic E-state index is 0.170. The van der Waals surface area contributed by atoms with Crippen molar-refractivity contribution < 1.29 is 9.21 Å². The summed E-state index contributed by atoms with van der Waals surface area (Å²) >= 11 is 0. The summed E-state index contributed by atoms with van der Waals surface area (Å²) in [6.45, 7) is 0. The third-order valence-corrected chi connectivity index (χ3v) is 2.08. The lowest BCUT2D eigenvalue weighted by Gasteiger charge is -2.05. The number of hydrogen-bond acceptors (Lipinski definition) is 4. The van der Waals surface area contributed by atoms with Crippen LogP contribution in [0.5, 0.6) is 0 Å². The number of nitrogens with two attached hydrogens (primary N) is 1. The van der Waals surface area contributed by atoms with E-state index in [-0.39, 0.29) is 5.76 Å². The highest BCUT2D eigenvalue weighted by Gasteiger charge is 2.06. The first-order valence-electron chi connectivity index (χ1n) is 4.92. The lowest BCUT2D eigenvalue weighted by Crippen LogP contribution is -2.14. The molecule has 2 aromatic rings. The molecule has 86 valence electrons. The summed E-state index contributed by atoms with van der Waals surface area (Å²) in [6, 6.07) is 11.9. The van der Waals surface area contributed by atoms with Gasteiger partial charge in [-0.05, 0) is 12.1 Å². The molecule has 0 spiro atoms. The Hall–Kier alpha value is -2.56. The summed E-state index contributed by atoms with van der Waals surface area (Å²) in [5.41, 5.74) is 5.68. The maximum absolute atomic E-state index is 11.2. The minimum atomic E-state index is -0.779. The molecule has 0 atom stereocenters. The zero-order valence-electron chi connectivity index (χ0n) is 8.84. The molecular formula is C12H10N2O3. The fourth-order valence-electron chi connectivity index (χ4n) is 1.36. The Bertz CT molecular complexity index is 590. The van der Waals surface area contributed by atoms with Gasteiger partial charge in [0.05, 0.1) is 0 Å². The van der Waals surface area contributed by atoms with Gasteiger partial charge in [0.15, 0.2) is 5.76 Å². The van der Waals surface area contributed by atoms with Crippen LogP contribution < -0.4 is 16.7 Å². The molecule has 5 heteroatoms. The fraction of sp³-hybridized carbons (Fsp3) is 0. The first-order valence-corrected chi connectivity index (χ1v) is 4.92. The normalized spacial score (nSPS) is 9.88. The SMILES string of the molecule is NC(=O)c1cc(Nc2ccccc2)cc(=O)o1. The van der Waals surface area contributed by atoms with Crippen LogP contribution in [0.25, 0.3) is 0 Å². The summed E-state index contributed by atoms with van der Waals surface area (Å²) in [5, 5.41) is 2.97. The van der Waals surface area contributed by atoms with Crippen LogP contribution in [0, 0.1) is 0 Å². The van der Waals surface area contributed by atoms with Crippen LogP contribution in [0.3, 0.4) is 0 Å². The number of amides is 1. The molecule has 17 heavy (non-hydrogen) atoms. The van der Waals surface area contributed by atoms with Crippen molar-refractivity contribution in [2.24, 2.45) is 5.73 Å². The van der Waals surface area contributed by atoms with E-state index in [0.717, 1.165) is 5.69 Å². The lowest BCUT2D eigenvalue weighted by molar-refractivity contribution is 0.0969. The highest BCUT2D eigenvalue weighted by molar-refractivity contribution is 5.90. The summed E-state index contributed by atoms with van der Waals surface area (Å²) in [6.07, 6.45) is 0. The van der Waals surface area contributed by atoms with Crippen molar-refractivity contribution in [3.8, 4) is 0 Å². The van der Waals surface area contributed by atoms with Crippen molar-refractivity contribution >= 4 is 17.3 Å². The second-order valence-corrected chi connectivity index (χ2v) is 3.38. The average molecular weight is 230 g/mol. The molecule has 0 unspecified atom stereocenters. The second kappa shape index (κ2) is 4.52. The van der Waals surface area contributed by atoms with Gasteiger partial charge in [-0.2, -0.15) is 0 Å². The predicted octanol–water partition coefficient (Wildman–Crippen LogP) is 1.48. The number of benzene rings is 1. The predicted molar refractivity (Wildman–Crippen MR) is 63.2 cm³/mol. The van der Waals surface area contributed by atoms with Crippen molar-refractivity contribution in [2.75, 3.05) is 5.32 Å². The molecule has 1 heterocycles. The van der Waals surface area contributed by atoms with Crippen LogP contribution in [-0.4, -0.2) is 5.91 Å². The zero-order valence-corrected chi connectivity index (χ0v) is 8.84. The monoisotopic (exact) mass is 230 g/mol. The first-order chi connectivity index (χ1) is 8.15. The highest BCUT2D eigenvalue weighted by atomic mass is 16.4. The molecular weight excluding hydrogens is 220 g/mol. The van der Waals surface area contributed by atoms with E-state index in [4.69, 9.17) is 5.73 Å². The Morgan fingerprint density at radius 1 is 1.12 bits per heavy atom. The molecule has 1 aromatic carbocycles. The Balaban J connectivity index is 2.34. The smallest absolute Gasteiger partial charge is 0.338 e. The number of carbonyl (C=O) groups is 1. The number of rotatable bonds is 3. The largest absolute Gasteiger partial charge is 0.417 e. The van der Waals surface area contributed by atoms with Crippen molar-refractivity contribution in [3.63, 3.8) is 0 Å². The van der Waals surface area contributed by atoms with E-state index in [1.165, 1.54) is 12.1 Å². The van der Waals surface area contributed by atoms with Gasteiger partial charge in [0, 0.05) is 23.5 Å². The standard InChI is InChI=1S/C12H10N2O3/c13-12(16)10-6-9(7-11(15)17-10)14-8-4-2-1-3-5-8/h1-7,14H,(H2,13,16). The quantitative estimate of drug-likeness (QED) is 0.836. The van der Waals surface area contributed by atoms with Crippen molar-refractivity contribution in [1.29, 1.82) is 0 Å². The number of nitrogens with one attached hydrogen (secondary N) is 1. The maximum Gasteiger partial charge on any atom is 0.338 e. The molecule has 1 amide bonds. The molecule has 0 fully saturated rings. The zero-order chi connectivity index (χ0) is 12.3. The number of carbonyl (C=O) groups excluding carboxylic acids is 1. The summed E-state index contributed by atoms with van der Waals surface area (Å²) < 4.78 is 4.65. The molecule has 0 saturated heterocycles. The van der Waals surface area contributed by atoms with Gasteiger partial charge in [0.25, 0.3) is 5.91 Å². The van der Waals surface area contributed by atoms with Gasteiger partial charge in [-0.25, -0.2) is 4.79 Å². The van der Waals surface area contributed by atoms with E-state index in [1.54, 1.807) is 0 Å². The van der Waals surface area contributed by atoms with Crippen LogP contribution in [0.1, 0.15) is 10.6 Å². The fourth-order valence-corrected chi connectivity index (χ4v) is 1.36. The van der Waals surface area contributed by atoms with Crippen LogP contribution in [0.4, 0.5) is 11.4 Å². The third-order valence-electron chi connectivity index (χ3n) is 2.08. The van der Waals surface area contributed by atoms with E-state index >= 15 is 0 Å². The molecule has 0 aliphatic carbocycles. The molecule has 0 radical (unpaired) electrons. The van der Waals surface area contributed by atoms with Gasteiger partial charge in [0.2, 0.25) is 0 Å². The molecule has 0 bridgehead atoms. The van der Waals surface area contributed by atoms with E-state index in [1.807, 2.05) is 30.3 Å². The number of para-hydroxylation sites is 1. The average Bonchev–Trinajstić information content (AvgIpc) is 2.29. The van der Waals surface area contributed by atoms with Crippen molar-refractivity contribution in [1.82, 2.24) is 0 Å². The number of anilines is 2. The second-order valence-electron chi connectivity index (χ2n) is 3.38. The van der Waals surface area contributed by atoms with Crippen LogP contribution in [0.15, 0.2) is 51.7 Å². The van der Waals surface area contributed by atoms with Gasteiger partial charge in [-0.3, -0.25) is 4.79 Å². The molecule has 0 aliphatic heterocycles. The lowest BCUT2D eigenvalue weighted by atomic mass is 10.3. The topological polar surface area (TPSA) is 85.3 Å². The molecule has 5 nitrogen and oxygen atoms in total.